The van der Waals surface area contributed by atoms with Crippen molar-refractivity contribution in [3.05, 3.63) is 0 Å². The fourth-order valence-corrected chi connectivity index (χ4v) is 3.21. The van der Waals surface area contributed by atoms with E-state index in [4.69, 9.17) is 0 Å². The van der Waals surface area contributed by atoms with Gasteiger partial charge in [-0.15, -0.1) is 0 Å². The minimum absolute atomic E-state index is 0.706. The summed E-state index contributed by atoms with van der Waals surface area (Å²) in [5, 5.41) is 3.88. The quantitative estimate of drug-likeness (QED) is 0.701. The molecule has 0 aromatic rings. The summed E-state index contributed by atoms with van der Waals surface area (Å²) in [5.41, 5.74) is 0. The normalized spacial score (nSPS) is 28.6. The maximum atomic E-state index is 3.88. The first-order valence-corrected chi connectivity index (χ1v) is 6.98. The molecule has 3 atom stereocenters. The molecule has 1 N–H and O–H groups in total. The van der Waals surface area contributed by atoms with Gasteiger partial charge in [0.2, 0.25) is 0 Å². The Morgan fingerprint density at radius 2 is 1.80 bits per heavy atom. The second kappa shape index (κ2) is 6.52. The molecule has 0 bridgehead atoms. The van der Waals surface area contributed by atoms with E-state index in [0.29, 0.717) is 6.04 Å². The molecule has 0 heterocycles. The molecule has 90 valence electrons. The monoisotopic (exact) mass is 211 g/mol. The van der Waals surface area contributed by atoms with E-state index in [1.54, 1.807) is 0 Å². The van der Waals surface area contributed by atoms with E-state index in [2.05, 4.69) is 33.0 Å². The van der Waals surface area contributed by atoms with Gasteiger partial charge in [-0.25, -0.2) is 0 Å². The zero-order chi connectivity index (χ0) is 11.3. The molecule has 15 heavy (non-hydrogen) atoms. The minimum Gasteiger partial charge on any atom is -0.311 e. The van der Waals surface area contributed by atoms with Crippen molar-refractivity contribution in [3.63, 3.8) is 0 Å². The SMILES string of the molecule is CCC(CC)C(C)NC1CCCC1CC. The van der Waals surface area contributed by atoms with Crippen LogP contribution in [0.1, 0.15) is 66.2 Å². The van der Waals surface area contributed by atoms with E-state index in [1.807, 2.05) is 0 Å². The molecule has 0 amide bonds. The van der Waals surface area contributed by atoms with Crippen molar-refractivity contribution in [3.8, 4) is 0 Å². The molecule has 1 nitrogen and oxygen atoms in total. The molecule has 0 aromatic heterocycles. The van der Waals surface area contributed by atoms with Crippen LogP contribution in [-0.2, 0) is 0 Å². The van der Waals surface area contributed by atoms with Crippen LogP contribution in [0.2, 0.25) is 0 Å². The van der Waals surface area contributed by atoms with Crippen molar-refractivity contribution in [2.24, 2.45) is 11.8 Å². The lowest BCUT2D eigenvalue weighted by atomic mass is 9.93. The molecule has 0 spiro atoms. The second-order valence-corrected chi connectivity index (χ2v) is 5.24. The van der Waals surface area contributed by atoms with Gasteiger partial charge < -0.3 is 5.32 Å². The molecule has 0 aromatic carbocycles. The smallest absolute Gasteiger partial charge is 0.00978 e. The maximum absolute atomic E-state index is 3.88. The first-order chi connectivity index (χ1) is 7.22. The fourth-order valence-electron chi connectivity index (χ4n) is 3.21. The first kappa shape index (κ1) is 13.0. The molecule has 0 radical (unpaired) electrons. The van der Waals surface area contributed by atoms with E-state index >= 15 is 0 Å². The fraction of sp³-hybridized carbons (Fsp3) is 1.00. The Bertz CT molecular complexity index is 163. The van der Waals surface area contributed by atoms with Crippen LogP contribution in [0, 0.1) is 11.8 Å². The van der Waals surface area contributed by atoms with Crippen molar-refractivity contribution in [1.29, 1.82) is 0 Å². The molecule has 1 saturated carbocycles. The molecule has 1 aliphatic carbocycles. The van der Waals surface area contributed by atoms with Crippen LogP contribution < -0.4 is 5.32 Å². The Morgan fingerprint density at radius 3 is 2.33 bits per heavy atom. The summed E-state index contributed by atoms with van der Waals surface area (Å²) in [7, 11) is 0. The summed E-state index contributed by atoms with van der Waals surface area (Å²) in [4.78, 5) is 0. The highest BCUT2D eigenvalue weighted by atomic mass is 15.0. The maximum Gasteiger partial charge on any atom is 0.00978 e. The Balaban J connectivity index is 2.39. The molecular weight excluding hydrogens is 182 g/mol. The number of hydrogen-bond acceptors (Lipinski definition) is 1. The third-order valence-electron chi connectivity index (χ3n) is 4.42. The van der Waals surface area contributed by atoms with Gasteiger partial charge in [-0.05, 0) is 31.6 Å². The molecule has 0 saturated heterocycles. The van der Waals surface area contributed by atoms with Gasteiger partial charge in [0.05, 0.1) is 0 Å². The molecule has 1 aliphatic rings. The second-order valence-electron chi connectivity index (χ2n) is 5.24. The predicted octanol–water partition coefficient (Wildman–Crippen LogP) is 3.98. The summed E-state index contributed by atoms with van der Waals surface area (Å²) in [6, 6.07) is 1.52. The molecular formula is C14H29N. The van der Waals surface area contributed by atoms with Gasteiger partial charge in [0.25, 0.3) is 0 Å². The number of hydrogen-bond donors (Lipinski definition) is 1. The lowest BCUT2D eigenvalue weighted by Crippen LogP contribution is -2.42. The van der Waals surface area contributed by atoms with Gasteiger partial charge in [0.15, 0.2) is 0 Å². The lowest BCUT2D eigenvalue weighted by molar-refractivity contribution is 0.286. The third kappa shape index (κ3) is 3.48. The third-order valence-corrected chi connectivity index (χ3v) is 4.42. The molecule has 0 aliphatic heterocycles. The predicted molar refractivity (Wildman–Crippen MR) is 68.1 cm³/mol. The molecule has 1 fully saturated rings. The van der Waals surface area contributed by atoms with Crippen LogP contribution in [0.25, 0.3) is 0 Å². The largest absolute Gasteiger partial charge is 0.311 e. The van der Waals surface area contributed by atoms with Crippen molar-refractivity contribution in [1.82, 2.24) is 5.32 Å². The highest BCUT2D eigenvalue weighted by molar-refractivity contribution is 4.85. The number of nitrogens with one attached hydrogen (secondary N) is 1. The van der Waals surface area contributed by atoms with E-state index in [1.165, 1.54) is 38.5 Å². The average molecular weight is 211 g/mol. The summed E-state index contributed by atoms with van der Waals surface area (Å²) in [5.74, 6) is 1.81. The highest BCUT2D eigenvalue weighted by Gasteiger charge is 2.27. The van der Waals surface area contributed by atoms with Gasteiger partial charge in [0.1, 0.15) is 0 Å². The summed E-state index contributed by atoms with van der Waals surface area (Å²) >= 11 is 0. The Morgan fingerprint density at radius 1 is 1.13 bits per heavy atom. The van der Waals surface area contributed by atoms with Gasteiger partial charge >= 0.3 is 0 Å². The number of rotatable bonds is 6. The van der Waals surface area contributed by atoms with E-state index in [0.717, 1.165) is 17.9 Å². The Labute approximate surface area is 96.0 Å². The van der Waals surface area contributed by atoms with Crippen LogP contribution >= 0.6 is 0 Å². The van der Waals surface area contributed by atoms with Gasteiger partial charge in [-0.3, -0.25) is 0 Å². The standard InChI is InChI=1S/C14H29N/c1-5-12(6-2)11(4)15-14-10-8-9-13(14)7-3/h11-15H,5-10H2,1-4H3. The summed E-state index contributed by atoms with van der Waals surface area (Å²) in [6.07, 6.45) is 8.27. The van der Waals surface area contributed by atoms with Crippen LogP contribution in [0.15, 0.2) is 0 Å². The van der Waals surface area contributed by atoms with Gasteiger partial charge in [0, 0.05) is 12.1 Å². The van der Waals surface area contributed by atoms with Crippen molar-refractivity contribution < 1.29 is 0 Å². The average Bonchev–Trinajstić information content (AvgIpc) is 2.67. The van der Waals surface area contributed by atoms with E-state index < -0.39 is 0 Å². The van der Waals surface area contributed by atoms with Crippen LogP contribution in [0.3, 0.4) is 0 Å². The van der Waals surface area contributed by atoms with Crippen molar-refractivity contribution >= 4 is 0 Å². The summed E-state index contributed by atoms with van der Waals surface area (Å²) in [6.45, 7) is 9.35. The highest BCUT2D eigenvalue weighted by Crippen LogP contribution is 2.29. The molecule has 1 rings (SSSR count). The van der Waals surface area contributed by atoms with Gasteiger partial charge in [-0.1, -0.05) is 46.5 Å². The Hall–Kier alpha value is -0.0400. The minimum atomic E-state index is 0.706. The lowest BCUT2D eigenvalue weighted by Gasteiger charge is -2.29. The Kier molecular flexibility index (Phi) is 5.66. The summed E-state index contributed by atoms with van der Waals surface area (Å²) < 4.78 is 0. The van der Waals surface area contributed by atoms with E-state index in [9.17, 15) is 0 Å². The molecule has 3 unspecified atom stereocenters. The van der Waals surface area contributed by atoms with Crippen molar-refractivity contribution in [2.45, 2.75) is 78.3 Å². The molecule has 1 heteroatoms. The van der Waals surface area contributed by atoms with Crippen LogP contribution in [0.4, 0.5) is 0 Å². The van der Waals surface area contributed by atoms with Crippen LogP contribution in [-0.4, -0.2) is 12.1 Å². The van der Waals surface area contributed by atoms with Crippen LogP contribution in [0.5, 0.6) is 0 Å². The van der Waals surface area contributed by atoms with Crippen molar-refractivity contribution in [2.75, 3.05) is 0 Å². The van der Waals surface area contributed by atoms with Gasteiger partial charge in [-0.2, -0.15) is 0 Å². The topological polar surface area (TPSA) is 12.0 Å². The zero-order valence-corrected chi connectivity index (χ0v) is 11.1. The zero-order valence-electron chi connectivity index (χ0n) is 11.1. The first-order valence-electron chi connectivity index (χ1n) is 6.98. The van der Waals surface area contributed by atoms with E-state index in [-0.39, 0.29) is 0 Å².